The summed E-state index contributed by atoms with van der Waals surface area (Å²) in [5.41, 5.74) is 0.245. The lowest BCUT2D eigenvalue weighted by Gasteiger charge is -2.32. The summed E-state index contributed by atoms with van der Waals surface area (Å²) in [6.07, 6.45) is 3.86. The van der Waals surface area contributed by atoms with Crippen LogP contribution in [0.2, 0.25) is 0 Å². The second kappa shape index (κ2) is 6.79. The van der Waals surface area contributed by atoms with Crippen molar-refractivity contribution in [3.05, 3.63) is 29.8 Å². The van der Waals surface area contributed by atoms with E-state index in [0.29, 0.717) is 5.92 Å². The minimum atomic E-state index is -3.59. The van der Waals surface area contributed by atoms with E-state index in [0.717, 1.165) is 25.7 Å². The third-order valence-corrected chi connectivity index (χ3v) is 6.34. The number of hydrogen-bond donors (Lipinski definition) is 0. The van der Waals surface area contributed by atoms with Crippen LogP contribution in [-0.2, 0) is 14.8 Å². The fourth-order valence-electron chi connectivity index (χ4n) is 2.87. The number of sulfonamides is 1. The van der Waals surface area contributed by atoms with Crippen molar-refractivity contribution in [2.75, 3.05) is 14.2 Å². The van der Waals surface area contributed by atoms with Gasteiger partial charge in [0.2, 0.25) is 10.0 Å². The maximum Gasteiger partial charge on any atom is 0.337 e. The SMILES string of the molecule is COC(=O)c1cccc(S(=O)(=O)N(C)C2CCC(C)CC2)c1. The van der Waals surface area contributed by atoms with E-state index < -0.39 is 16.0 Å². The van der Waals surface area contributed by atoms with Gasteiger partial charge in [0.25, 0.3) is 0 Å². The molecule has 0 atom stereocenters. The smallest absolute Gasteiger partial charge is 0.337 e. The van der Waals surface area contributed by atoms with Gasteiger partial charge in [-0.25, -0.2) is 13.2 Å². The van der Waals surface area contributed by atoms with Crippen molar-refractivity contribution in [2.24, 2.45) is 5.92 Å². The van der Waals surface area contributed by atoms with Crippen LogP contribution in [0.1, 0.15) is 43.0 Å². The summed E-state index contributed by atoms with van der Waals surface area (Å²) in [5.74, 6) is 0.126. The Morgan fingerprint density at radius 1 is 1.23 bits per heavy atom. The molecule has 22 heavy (non-hydrogen) atoms. The van der Waals surface area contributed by atoms with Crippen LogP contribution in [0.25, 0.3) is 0 Å². The monoisotopic (exact) mass is 325 g/mol. The Labute approximate surface area is 132 Å². The van der Waals surface area contributed by atoms with Crippen LogP contribution in [-0.4, -0.2) is 38.9 Å². The molecule has 1 saturated carbocycles. The topological polar surface area (TPSA) is 63.7 Å². The highest BCUT2D eigenvalue weighted by atomic mass is 32.2. The fourth-order valence-corrected chi connectivity index (χ4v) is 4.33. The van der Waals surface area contributed by atoms with E-state index in [4.69, 9.17) is 0 Å². The summed E-state index contributed by atoms with van der Waals surface area (Å²) in [6.45, 7) is 2.20. The molecule has 6 heteroatoms. The first-order valence-corrected chi connectivity index (χ1v) is 8.96. The van der Waals surface area contributed by atoms with E-state index in [-0.39, 0.29) is 16.5 Å². The van der Waals surface area contributed by atoms with Crippen molar-refractivity contribution >= 4 is 16.0 Å². The van der Waals surface area contributed by atoms with Gasteiger partial charge in [-0.05, 0) is 49.8 Å². The summed E-state index contributed by atoms with van der Waals surface area (Å²) in [4.78, 5) is 11.7. The molecule has 0 heterocycles. The Bertz CT molecular complexity index is 633. The zero-order valence-electron chi connectivity index (χ0n) is 13.3. The normalized spacial score (nSPS) is 22.5. The fraction of sp³-hybridized carbons (Fsp3) is 0.562. The molecule has 1 aromatic rings. The summed E-state index contributed by atoms with van der Waals surface area (Å²) < 4.78 is 31.6. The molecular formula is C16H23NO4S. The first kappa shape index (κ1) is 17.0. The molecule has 0 aromatic heterocycles. The number of hydrogen-bond acceptors (Lipinski definition) is 4. The minimum absolute atomic E-state index is 0.0305. The standard InChI is InChI=1S/C16H23NO4S/c1-12-7-9-14(10-8-12)17(2)22(19,20)15-6-4-5-13(11-15)16(18)21-3/h4-6,11-12,14H,7-10H2,1-3H3. The van der Waals surface area contributed by atoms with Gasteiger partial charge < -0.3 is 4.74 Å². The van der Waals surface area contributed by atoms with Gasteiger partial charge in [-0.2, -0.15) is 4.31 Å². The minimum Gasteiger partial charge on any atom is -0.465 e. The molecule has 0 bridgehead atoms. The molecule has 1 fully saturated rings. The average molecular weight is 325 g/mol. The molecule has 0 amide bonds. The van der Waals surface area contributed by atoms with Gasteiger partial charge in [-0.15, -0.1) is 0 Å². The van der Waals surface area contributed by atoms with E-state index >= 15 is 0 Å². The third-order valence-electron chi connectivity index (χ3n) is 4.43. The van der Waals surface area contributed by atoms with Gasteiger partial charge in [0.05, 0.1) is 17.6 Å². The van der Waals surface area contributed by atoms with Crippen LogP contribution in [0.5, 0.6) is 0 Å². The largest absolute Gasteiger partial charge is 0.465 e. The predicted molar refractivity (Wildman–Crippen MR) is 84.2 cm³/mol. The summed E-state index contributed by atoms with van der Waals surface area (Å²) in [7, 11) is -0.692. The summed E-state index contributed by atoms with van der Waals surface area (Å²) >= 11 is 0. The first-order chi connectivity index (χ1) is 10.4. The number of nitrogens with zero attached hydrogens (tertiary/aromatic N) is 1. The van der Waals surface area contributed by atoms with Crippen molar-refractivity contribution in [1.82, 2.24) is 4.31 Å². The molecular weight excluding hydrogens is 302 g/mol. The van der Waals surface area contributed by atoms with E-state index in [1.807, 2.05) is 0 Å². The van der Waals surface area contributed by atoms with Crippen LogP contribution >= 0.6 is 0 Å². The Morgan fingerprint density at radius 3 is 2.45 bits per heavy atom. The summed E-state index contributed by atoms with van der Waals surface area (Å²) in [6, 6.07) is 6.04. The molecule has 0 N–H and O–H groups in total. The number of ether oxygens (including phenoxy) is 1. The summed E-state index contributed by atoms with van der Waals surface area (Å²) in [5, 5.41) is 0. The van der Waals surface area contributed by atoms with E-state index in [9.17, 15) is 13.2 Å². The van der Waals surface area contributed by atoms with Crippen molar-refractivity contribution in [2.45, 2.75) is 43.5 Å². The molecule has 0 aliphatic heterocycles. The van der Waals surface area contributed by atoms with E-state index in [2.05, 4.69) is 11.7 Å². The Balaban J connectivity index is 2.24. The number of esters is 1. The second-order valence-electron chi connectivity index (χ2n) is 5.95. The molecule has 0 saturated heterocycles. The second-order valence-corrected chi connectivity index (χ2v) is 7.95. The van der Waals surface area contributed by atoms with Crippen LogP contribution in [0, 0.1) is 5.92 Å². The predicted octanol–water partition coefficient (Wildman–Crippen LogP) is 2.67. The molecule has 0 unspecified atom stereocenters. The maximum atomic E-state index is 12.7. The first-order valence-electron chi connectivity index (χ1n) is 7.52. The van der Waals surface area contributed by atoms with Crippen molar-refractivity contribution in [3.8, 4) is 0 Å². The Morgan fingerprint density at radius 2 is 1.86 bits per heavy atom. The van der Waals surface area contributed by atoms with Crippen molar-refractivity contribution in [3.63, 3.8) is 0 Å². The van der Waals surface area contributed by atoms with Gasteiger partial charge in [-0.1, -0.05) is 13.0 Å². The molecule has 1 aliphatic rings. The third kappa shape index (κ3) is 3.50. The lowest BCUT2D eigenvalue weighted by atomic mass is 9.87. The molecule has 122 valence electrons. The van der Waals surface area contributed by atoms with Crippen LogP contribution in [0.4, 0.5) is 0 Å². The van der Waals surface area contributed by atoms with Gasteiger partial charge in [-0.3, -0.25) is 0 Å². The lowest BCUT2D eigenvalue weighted by Crippen LogP contribution is -2.39. The molecule has 0 radical (unpaired) electrons. The number of carbonyl (C=O) groups is 1. The maximum absolute atomic E-state index is 12.7. The van der Waals surface area contributed by atoms with Crippen molar-refractivity contribution < 1.29 is 17.9 Å². The zero-order valence-corrected chi connectivity index (χ0v) is 14.1. The molecule has 1 aromatic carbocycles. The highest BCUT2D eigenvalue weighted by molar-refractivity contribution is 7.89. The number of benzene rings is 1. The number of methoxy groups -OCH3 is 1. The average Bonchev–Trinajstić information content (AvgIpc) is 2.54. The molecule has 0 spiro atoms. The highest BCUT2D eigenvalue weighted by Gasteiger charge is 2.30. The Hall–Kier alpha value is -1.40. The van der Waals surface area contributed by atoms with Gasteiger partial charge in [0, 0.05) is 13.1 Å². The van der Waals surface area contributed by atoms with E-state index in [1.165, 1.54) is 23.5 Å². The van der Waals surface area contributed by atoms with Crippen molar-refractivity contribution in [1.29, 1.82) is 0 Å². The van der Waals surface area contributed by atoms with Crippen LogP contribution in [0.15, 0.2) is 29.2 Å². The van der Waals surface area contributed by atoms with Gasteiger partial charge in [0.15, 0.2) is 0 Å². The zero-order chi connectivity index (χ0) is 16.3. The quantitative estimate of drug-likeness (QED) is 0.798. The van der Waals surface area contributed by atoms with E-state index in [1.54, 1.807) is 19.2 Å². The van der Waals surface area contributed by atoms with Crippen LogP contribution in [0.3, 0.4) is 0 Å². The molecule has 2 rings (SSSR count). The Kier molecular flexibility index (Phi) is 5.24. The number of carbonyl (C=O) groups excluding carboxylic acids is 1. The number of rotatable bonds is 4. The molecule has 1 aliphatic carbocycles. The van der Waals surface area contributed by atoms with Crippen LogP contribution < -0.4 is 0 Å². The highest BCUT2D eigenvalue weighted by Crippen LogP contribution is 2.29. The van der Waals surface area contributed by atoms with Gasteiger partial charge in [0.1, 0.15) is 0 Å². The van der Waals surface area contributed by atoms with Gasteiger partial charge >= 0.3 is 5.97 Å². The lowest BCUT2D eigenvalue weighted by molar-refractivity contribution is 0.0600. The molecule has 5 nitrogen and oxygen atoms in total.